The second-order valence-electron chi connectivity index (χ2n) is 6.35. The van der Waals surface area contributed by atoms with Gasteiger partial charge in [-0.2, -0.15) is 9.61 Å². The molecule has 1 aromatic carbocycles. The summed E-state index contributed by atoms with van der Waals surface area (Å²) < 4.78 is 23.5. The normalized spacial score (nSPS) is 12.9. The molecule has 138 valence electrons. The highest BCUT2D eigenvalue weighted by atomic mass is 19.1. The Hall–Kier alpha value is -3.81. The lowest BCUT2D eigenvalue weighted by Crippen LogP contribution is -2.08. The fourth-order valence-corrected chi connectivity index (χ4v) is 3.00. The van der Waals surface area contributed by atoms with Crippen molar-refractivity contribution in [2.24, 2.45) is 7.05 Å². The van der Waals surface area contributed by atoms with E-state index in [0.717, 1.165) is 16.8 Å². The van der Waals surface area contributed by atoms with Crippen molar-refractivity contribution in [3.05, 3.63) is 77.9 Å². The monoisotopic (exact) mass is 374 g/mol. The van der Waals surface area contributed by atoms with Crippen LogP contribution in [-0.4, -0.2) is 29.6 Å². The lowest BCUT2D eigenvalue weighted by atomic mass is 10.0. The Kier molecular flexibility index (Phi) is 3.75. The molecule has 28 heavy (non-hydrogen) atoms. The molecule has 1 aliphatic rings. The van der Waals surface area contributed by atoms with Gasteiger partial charge in [0.2, 0.25) is 5.88 Å². The zero-order valence-electron chi connectivity index (χ0n) is 15.0. The summed E-state index contributed by atoms with van der Waals surface area (Å²) in [6.45, 7) is 0.302. The Morgan fingerprint density at radius 1 is 1.11 bits per heavy atom. The molecule has 8 heteroatoms. The Bertz CT molecular complexity index is 1250. The van der Waals surface area contributed by atoms with Crippen molar-refractivity contribution in [2.45, 2.75) is 6.61 Å². The average molecular weight is 374 g/mol. The molecule has 0 bridgehead atoms. The molecule has 3 heterocycles. The van der Waals surface area contributed by atoms with Gasteiger partial charge in [-0.3, -0.25) is 4.68 Å². The summed E-state index contributed by atoms with van der Waals surface area (Å²) in [5.74, 6) is 0.356. The molecule has 4 aromatic rings. The van der Waals surface area contributed by atoms with Crippen LogP contribution >= 0.6 is 0 Å². The summed E-state index contributed by atoms with van der Waals surface area (Å²) in [4.78, 5) is 0. The van der Waals surface area contributed by atoms with Crippen LogP contribution in [0.1, 0.15) is 11.3 Å². The molecule has 7 nitrogen and oxygen atoms in total. The molecule has 0 spiro atoms. The molecule has 0 aliphatic heterocycles. The van der Waals surface area contributed by atoms with E-state index in [0.29, 0.717) is 29.5 Å². The van der Waals surface area contributed by atoms with Crippen molar-refractivity contribution in [1.82, 2.24) is 29.6 Å². The van der Waals surface area contributed by atoms with Crippen LogP contribution in [0.15, 0.2) is 60.8 Å². The first-order valence-corrected chi connectivity index (χ1v) is 8.70. The molecular weight excluding hydrogens is 359 g/mol. The Morgan fingerprint density at radius 3 is 2.68 bits per heavy atom. The summed E-state index contributed by atoms with van der Waals surface area (Å²) in [6, 6.07) is 10.1. The number of rotatable bonds is 5. The van der Waals surface area contributed by atoms with Crippen molar-refractivity contribution in [1.29, 1.82) is 0 Å². The topological polar surface area (TPSA) is 70.1 Å². The van der Waals surface area contributed by atoms with E-state index in [-0.39, 0.29) is 5.82 Å². The first-order valence-electron chi connectivity index (χ1n) is 8.70. The van der Waals surface area contributed by atoms with Crippen LogP contribution < -0.4 is 4.74 Å². The van der Waals surface area contributed by atoms with Gasteiger partial charge in [-0.05, 0) is 29.8 Å². The minimum atomic E-state index is -0.385. The van der Waals surface area contributed by atoms with Crippen molar-refractivity contribution in [2.75, 3.05) is 0 Å². The average Bonchev–Trinajstić information content (AvgIpc) is 3.24. The van der Waals surface area contributed by atoms with Crippen LogP contribution in [0.25, 0.3) is 22.6 Å². The predicted molar refractivity (Wildman–Crippen MR) is 101 cm³/mol. The number of hydrogen-bond acceptors (Lipinski definition) is 5. The number of ether oxygens (including phenoxy) is 1. The Labute approximate surface area is 159 Å². The molecule has 3 aromatic heterocycles. The summed E-state index contributed by atoms with van der Waals surface area (Å²) in [5.41, 5.74) is 3.55. The summed E-state index contributed by atoms with van der Waals surface area (Å²) in [6.07, 6.45) is 7.60. The molecule has 0 amide bonds. The van der Waals surface area contributed by atoms with E-state index in [2.05, 4.69) is 20.4 Å². The van der Waals surface area contributed by atoms with E-state index in [1.807, 2.05) is 37.4 Å². The molecule has 1 aliphatic carbocycles. The van der Waals surface area contributed by atoms with Gasteiger partial charge in [0.25, 0.3) is 0 Å². The minimum absolute atomic E-state index is 0.302. The van der Waals surface area contributed by atoms with Crippen LogP contribution in [0.2, 0.25) is 0 Å². The van der Waals surface area contributed by atoms with Gasteiger partial charge in [-0.15, -0.1) is 15.3 Å². The van der Waals surface area contributed by atoms with Gasteiger partial charge in [0, 0.05) is 18.8 Å². The first kappa shape index (κ1) is 16.4. The molecule has 5 rings (SSSR count). The van der Waals surface area contributed by atoms with Gasteiger partial charge < -0.3 is 4.74 Å². The number of aryl methyl sites for hydroxylation is 1. The lowest BCUT2D eigenvalue weighted by molar-refractivity contribution is 0.278. The SMILES string of the molecule is Cn1nccc1COc1nn2c(-c3ccccc3F)nnc2cc1C1=CC=C1. The molecule has 0 atom stereocenters. The summed E-state index contributed by atoms with van der Waals surface area (Å²) in [5, 5.41) is 17.0. The van der Waals surface area contributed by atoms with Crippen LogP contribution in [0, 0.1) is 5.82 Å². The molecule has 0 unspecified atom stereocenters. The number of allylic oxidation sites excluding steroid dienone is 4. The van der Waals surface area contributed by atoms with Crippen LogP contribution in [0.4, 0.5) is 4.39 Å². The number of hydrogen-bond donors (Lipinski definition) is 0. The molecule has 0 saturated heterocycles. The zero-order valence-corrected chi connectivity index (χ0v) is 15.0. The zero-order chi connectivity index (χ0) is 19.1. The third kappa shape index (κ3) is 2.66. The second-order valence-corrected chi connectivity index (χ2v) is 6.35. The van der Waals surface area contributed by atoms with E-state index < -0.39 is 0 Å². The second kappa shape index (κ2) is 6.41. The smallest absolute Gasteiger partial charge is 0.240 e. The van der Waals surface area contributed by atoms with Crippen LogP contribution in [0.3, 0.4) is 0 Å². The van der Waals surface area contributed by atoms with Gasteiger partial charge in [0.1, 0.15) is 12.4 Å². The maximum absolute atomic E-state index is 14.3. The Balaban J connectivity index is 1.61. The fourth-order valence-electron chi connectivity index (χ4n) is 3.00. The van der Waals surface area contributed by atoms with E-state index >= 15 is 0 Å². The molecule has 0 N–H and O–H groups in total. The van der Waals surface area contributed by atoms with Crippen molar-refractivity contribution >= 4 is 11.2 Å². The summed E-state index contributed by atoms with van der Waals surface area (Å²) in [7, 11) is 1.85. The number of aromatic nitrogens is 6. The van der Waals surface area contributed by atoms with Crippen LogP contribution in [-0.2, 0) is 13.7 Å². The highest BCUT2D eigenvalue weighted by Crippen LogP contribution is 2.31. The van der Waals surface area contributed by atoms with Gasteiger partial charge in [0.15, 0.2) is 11.5 Å². The van der Waals surface area contributed by atoms with E-state index in [1.165, 1.54) is 10.6 Å². The molecule has 0 fully saturated rings. The first-order chi connectivity index (χ1) is 13.7. The van der Waals surface area contributed by atoms with E-state index in [9.17, 15) is 4.39 Å². The van der Waals surface area contributed by atoms with Gasteiger partial charge in [0.05, 0.1) is 11.3 Å². The van der Waals surface area contributed by atoms with E-state index in [1.54, 1.807) is 29.1 Å². The highest BCUT2D eigenvalue weighted by Gasteiger charge is 2.19. The Morgan fingerprint density at radius 2 is 1.96 bits per heavy atom. The molecule has 0 saturated carbocycles. The third-order valence-electron chi connectivity index (χ3n) is 4.62. The third-order valence-corrected chi connectivity index (χ3v) is 4.62. The van der Waals surface area contributed by atoms with Crippen LogP contribution in [0.5, 0.6) is 5.88 Å². The maximum atomic E-state index is 14.3. The number of benzene rings is 1. The number of fused-ring (bicyclic) bond motifs is 1. The summed E-state index contributed by atoms with van der Waals surface area (Å²) >= 11 is 0. The minimum Gasteiger partial charge on any atom is -0.470 e. The van der Waals surface area contributed by atoms with Crippen molar-refractivity contribution in [3.63, 3.8) is 0 Å². The maximum Gasteiger partial charge on any atom is 0.240 e. The van der Waals surface area contributed by atoms with Gasteiger partial charge in [-0.25, -0.2) is 4.39 Å². The highest BCUT2D eigenvalue weighted by molar-refractivity contribution is 5.84. The number of halogens is 1. The van der Waals surface area contributed by atoms with Crippen molar-refractivity contribution < 1.29 is 9.13 Å². The quantitative estimate of drug-likeness (QED) is 0.537. The predicted octanol–water partition coefficient (Wildman–Crippen LogP) is 3.20. The number of nitrogens with zero attached hydrogens (tertiary/aromatic N) is 6. The lowest BCUT2D eigenvalue weighted by Gasteiger charge is -2.14. The molecular formula is C20H15FN6O. The van der Waals surface area contributed by atoms with Gasteiger partial charge in [-0.1, -0.05) is 30.4 Å². The van der Waals surface area contributed by atoms with Gasteiger partial charge >= 0.3 is 0 Å². The largest absolute Gasteiger partial charge is 0.470 e. The standard InChI is InChI=1S/C20H15FN6O/c1-26-14(9-10-22-26)12-28-20-16(13-5-4-6-13)11-18-23-24-19(27(18)25-20)15-7-2-3-8-17(15)21/h2-11H,12H2,1H3. The van der Waals surface area contributed by atoms with E-state index in [4.69, 9.17) is 4.74 Å². The van der Waals surface area contributed by atoms with Crippen molar-refractivity contribution in [3.8, 4) is 17.3 Å². The fraction of sp³-hybridized carbons (Fsp3) is 0.100. The molecule has 0 radical (unpaired) electrons.